The number of unbranched alkanes of at least 4 members (excludes halogenated alkanes) is 21. The Morgan fingerprint density at radius 2 is 0.918 bits per heavy atom. The molecule has 0 aliphatic rings. The third kappa shape index (κ3) is 25.2. The van der Waals surface area contributed by atoms with Crippen molar-refractivity contribution in [2.75, 3.05) is 0 Å². The van der Waals surface area contributed by atoms with Crippen LogP contribution in [0.2, 0.25) is 0 Å². The van der Waals surface area contributed by atoms with Crippen LogP contribution in [-0.4, -0.2) is 11.9 Å². The molecule has 0 aliphatic heterocycles. The van der Waals surface area contributed by atoms with E-state index in [2.05, 4.69) is 93.0 Å². The molecule has 0 saturated carbocycles. The number of benzene rings is 2. The van der Waals surface area contributed by atoms with Crippen molar-refractivity contribution in [3.05, 3.63) is 59.7 Å². The summed E-state index contributed by atoms with van der Waals surface area (Å²) in [5, 5.41) is 0. The van der Waals surface area contributed by atoms with Gasteiger partial charge in [0.1, 0.15) is 0 Å². The van der Waals surface area contributed by atoms with E-state index < -0.39 is 0 Å². The molecule has 2 nitrogen and oxygen atoms in total. The van der Waals surface area contributed by atoms with Crippen LogP contribution in [0.3, 0.4) is 0 Å². The van der Waals surface area contributed by atoms with Gasteiger partial charge in [-0.3, -0.25) is 9.98 Å². The van der Waals surface area contributed by atoms with Crippen molar-refractivity contribution in [3.8, 4) is 23.7 Å². The van der Waals surface area contributed by atoms with Crippen molar-refractivity contribution in [1.29, 1.82) is 0 Å². The van der Waals surface area contributed by atoms with Crippen LogP contribution in [-0.2, 0) is 20.4 Å². The van der Waals surface area contributed by atoms with Crippen LogP contribution < -0.4 is 0 Å². The Kier molecular flexibility index (Phi) is 29.8. The molecule has 0 radical (unpaired) electrons. The Bertz CT molecular complexity index is 1270. The van der Waals surface area contributed by atoms with Crippen LogP contribution >= 0.6 is 0 Å². The molecule has 2 aromatic rings. The molecule has 0 aliphatic carbocycles. The van der Waals surface area contributed by atoms with Gasteiger partial charge < -0.3 is 0 Å². The average Bonchev–Trinajstić information content (AvgIpc) is 3.10. The van der Waals surface area contributed by atoms with Crippen molar-refractivity contribution in [2.24, 2.45) is 9.98 Å². The third-order valence-electron chi connectivity index (χ3n) is 8.89. The van der Waals surface area contributed by atoms with Gasteiger partial charge in [-0.2, -0.15) is 0 Å². The molecule has 0 unspecified atom stereocenters. The molecule has 2 aromatic carbocycles. The summed E-state index contributed by atoms with van der Waals surface area (Å²) in [6.45, 7) is 6.83. The van der Waals surface area contributed by atoms with Gasteiger partial charge in [0, 0.05) is 50.6 Å². The summed E-state index contributed by atoms with van der Waals surface area (Å²) >= 11 is 0. The standard InChI is InChI=1S/C46H68N2.Pd/c1-4-7-10-13-16-18-20-22-24-27-32-42-34-30-37-44(39-42)47-41-46(36-29-26-15-12-9-6-3)48-45-38-31-35-43(40-45)33-28-25-23-21-19-17-14-11-8-5-2;/h30-31,34-35,37-41H,4-26,29,36H2,1-3H3;. The summed E-state index contributed by atoms with van der Waals surface area (Å²) in [5.74, 6) is 13.6. The smallest absolute Gasteiger partial charge is 0.0646 e. The van der Waals surface area contributed by atoms with Gasteiger partial charge in [0.05, 0.1) is 17.1 Å². The van der Waals surface area contributed by atoms with E-state index in [1.807, 2.05) is 6.21 Å². The van der Waals surface area contributed by atoms with E-state index in [1.54, 1.807) is 0 Å². The predicted molar refractivity (Wildman–Crippen MR) is 214 cm³/mol. The average molecular weight is 755 g/mol. The first-order valence-corrected chi connectivity index (χ1v) is 20.0. The van der Waals surface area contributed by atoms with Crippen molar-refractivity contribution in [2.45, 2.75) is 181 Å². The van der Waals surface area contributed by atoms with Crippen molar-refractivity contribution in [1.82, 2.24) is 0 Å². The third-order valence-corrected chi connectivity index (χ3v) is 8.89. The minimum atomic E-state index is 0. The van der Waals surface area contributed by atoms with Gasteiger partial charge in [0.2, 0.25) is 0 Å². The van der Waals surface area contributed by atoms with Crippen LogP contribution in [0.1, 0.15) is 192 Å². The second-order valence-electron chi connectivity index (χ2n) is 13.5. The molecular weight excluding hydrogens is 687 g/mol. The molecule has 272 valence electrons. The van der Waals surface area contributed by atoms with Gasteiger partial charge in [-0.1, -0.05) is 179 Å². The first-order valence-electron chi connectivity index (χ1n) is 20.0. The summed E-state index contributed by atoms with van der Waals surface area (Å²) in [6.07, 6.45) is 33.8. The Morgan fingerprint density at radius 3 is 1.41 bits per heavy atom. The fourth-order valence-corrected chi connectivity index (χ4v) is 5.89. The second kappa shape index (κ2) is 32.7. The monoisotopic (exact) mass is 754 g/mol. The van der Waals surface area contributed by atoms with E-state index in [4.69, 9.17) is 9.98 Å². The minimum absolute atomic E-state index is 0. The SMILES string of the molecule is CCCCCCCCCCC#Cc1cccc(N=CC(CCCCCCCC)=Nc2cccc(C#CCCCCCCCCCC)c2)c1.[Pd]. The Balaban J connectivity index is 0.0000120. The fraction of sp³-hybridized carbons (Fsp3) is 0.609. The van der Waals surface area contributed by atoms with E-state index in [1.165, 1.54) is 135 Å². The minimum Gasteiger partial charge on any atom is -0.255 e. The van der Waals surface area contributed by atoms with Gasteiger partial charge in [-0.15, -0.1) is 0 Å². The van der Waals surface area contributed by atoms with Gasteiger partial charge in [0.15, 0.2) is 0 Å². The zero-order chi connectivity index (χ0) is 34.2. The van der Waals surface area contributed by atoms with Gasteiger partial charge in [-0.05, 0) is 62.1 Å². The molecule has 0 fully saturated rings. The van der Waals surface area contributed by atoms with E-state index in [0.29, 0.717) is 0 Å². The van der Waals surface area contributed by atoms with Gasteiger partial charge in [0.25, 0.3) is 0 Å². The summed E-state index contributed by atoms with van der Waals surface area (Å²) < 4.78 is 0. The van der Waals surface area contributed by atoms with Crippen LogP contribution in [0.25, 0.3) is 0 Å². The first-order chi connectivity index (χ1) is 23.7. The van der Waals surface area contributed by atoms with E-state index in [-0.39, 0.29) is 20.4 Å². The van der Waals surface area contributed by atoms with Crippen molar-refractivity contribution < 1.29 is 20.4 Å². The van der Waals surface area contributed by atoms with E-state index in [0.717, 1.165) is 53.9 Å². The molecule has 0 N–H and O–H groups in total. The summed E-state index contributed by atoms with van der Waals surface area (Å²) in [7, 11) is 0. The zero-order valence-electron chi connectivity index (χ0n) is 31.6. The molecule has 3 heteroatoms. The number of hydrogen-bond acceptors (Lipinski definition) is 2. The Hall–Kier alpha value is -2.44. The fourth-order valence-electron chi connectivity index (χ4n) is 5.89. The quantitative estimate of drug-likeness (QED) is 0.0395. The maximum atomic E-state index is 5.07. The van der Waals surface area contributed by atoms with E-state index >= 15 is 0 Å². The number of aliphatic imine (C=N–C) groups is 2. The molecule has 0 spiro atoms. The number of nitrogens with zero attached hydrogens (tertiary/aromatic N) is 2. The van der Waals surface area contributed by atoms with Gasteiger partial charge in [-0.25, -0.2) is 0 Å². The molecule has 49 heavy (non-hydrogen) atoms. The number of rotatable bonds is 26. The molecule has 0 amide bonds. The van der Waals surface area contributed by atoms with Crippen molar-refractivity contribution >= 4 is 23.3 Å². The largest absolute Gasteiger partial charge is 0.255 e. The topological polar surface area (TPSA) is 24.7 Å². The van der Waals surface area contributed by atoms with E-state index in [9.17, 15) is 0 Å². The zero-order valence-corrected chi connectivity index (χ0v) is 33.1. The van der Waals surface area contributed by atoms with Crippen LogP contribution in [0.4, 0.5) is 11.4 Å². The van der Waals surface area contributed by atoms with Crippen LogP contribution in [0.15, 0.2) is 58.5 Å². The number of hydrogen-bond donors (Lipinski definition) is 0. The molecule has 2 rings (SSSR count). The van der Waals surface area contributed by atoms with Crippen LogP contribution in [0.5, 0.6) is 0 Å². The summed E-state index contributed by atoms with van der Waals surface area (Å²) in [6, 6.07) is 16.7. The molecule has 0 aromatic heterocycles. The molecule has 0 saturated heterocycles. The van der Waals surface area contributed by atoms with Gasteiger partial charge >= 0.3 is 0 Å². The maximum absolute atomic E-state index is 5.07. The Labute approximate surface area is 316 Å². The first kappa shape index (κ1) is 44.6. The van der Waals surface area contributed by atoms with Crippen molar-refractivity contribution in [3.63, 3.8) is 0 Å². The second-order valence-corrected chi connectivity index (χ2v) is 13.5. The maximum Gasteiger partial charge on any atom is 0.0646 e. The molecular formula is C46H68N2Pd. The Morgan fingerprint density at radius 1 is 0.510 bits per heavy atom. The van der Waals surface area contributed by atoms with Crippen LogP contribution in [0, 0.1) is 23.7 Å². The predicted octanol–water partition coefficient (Wildman–Crippen LogP) is 14.7. The normalized spacial score (nSPS) is 11.1. The molecule has 0 heterocycles. The molecule has 0 atom stereocenters. The summed E-state index contributed by atoms with van der Waals surface area (Å²) in [5.41, 5.74) is 5.01. The summed E-state index contributed by atoms with van der Waals surface area (Å²) in [4.78, 5) is 9.94. The molecule has 0 bridgehead atoms.